The molecule has 3 nitrogen and oxygen atoms in total. The van der Waals surface area contributed by atoms with E-state index in [4.69, 9.17) is 4.74 Å². The third-order valence-corrected chi connectivity index (χ3v) is 2.35. The summed E-state index contributed by atoms with van der Waals surface area (Å²) in [5.74, 6) is 0.768. The molecule has 80 valence electrons. The maximum absolute atomic E-state index is 9.76. The number of rotatable bonds is 1. The Bertz CT molecular complexity index is 422. The third kappa shape index (κ3) is 1.96. The van der Waals surface area contributed by atoms with Crippen LogP contribution in [0, 0.1) is 6.92 Å². The molecule has 0 radical (unpaired) electrons. The predicted molar refractivity (Wildman–Crippen MR) is 59.4 cm³/mol. The van der Waals surface area contributed by atoms with Gasteiger partial charge in [-0.05, 0) is 38.5 Å². The second-order valence-corrected chi connectivity index (χ2v) is 4.54. The predicted octanol–water partition coefficient (Wildman–Crippen LogP) is 2.26. The van der Waals surface area contributed by atoms with E-state index in [1.165, 1.54) is 0 Å². The van der Waals surface area contributed by atoms with Crippen LogP contribution < -0.4 is 0 Å². The van der Waals surface area contributed by atoms with Gasteiger partial charge < -0.3 is 9.84 Å². The topological polar surface area (TPSA) is 41.8 Å². The average molecular weight is 205 g/mol. The molecular formula is C12H15NO2. The van der Waals surface area contributed by atoms with Gasteiger partial charge in [0.2, 0.25) is 5.90 Å². The maximum Gasteiger partial charge on any atom is 0.220 e. The zero-order valence-corrected chi connectivity index (χ0v) is 9.24. The molecule has 1 aliphatic heterocycles. The fraction of sp³-hybridized carbons (Fsp3) is 0.417. The first-order chi connectivity index (χ1) is 6.98. The van der Waals surface area contributed by atoms with E-state index in [2.05, 4.69) is 4.99 Å². The van der Waals surface area contributed by atoms with E-state index in [1.807, 2.05) is 32.9 Å². The van der Waals surface area contributed by atoms with Gasteiger partial charge in [-0.25, -0.2) is 4.99 Å². The van der Waals surface area contributed by atoms with Crippen molar-refractivity contribution in [2.24, 2.45) is 4.99 Å². The highest BCUT2D eigenvalue weighted by Gasteiger charge is 2.28. The summed E-state index contributed by atoms with van der Waals surface area (Å²) in [7, 11) is 0. The number of aliphatic imine (C=N–C) groups is 1. The minimum atomic E-state index is -0.188. The Morgan fingerprint density at radius 2 is 2.13 bits per heavy atom. The smallest absolute Gasteiger partial charge is 0.220 e. The number of aromatic hydroxyl groups is 1. The lowest BCUT2D eigenvalue weighted by atomic mass is 10.1. The van der Waals surface area contributed by atoms with Gasteiger partial charge in [0, 0.05) is 0 Å². The minimum Gasteiger partial charge on any atom is -0.507 e. The van der Waals surface area contributed by atoms with Crippen molar-refractivity contribution in [1.29, 1.82) is 0 Å². The van der Waals surface area contributed by atoms with Crippen molar-refractivity contribution in [3.05, 3.63) is 29.3 Å². The van der Waals surface area contributed by atoms with Gasteiger partial charge in [0.25, 0.3) is 0 Å². The molecule has 1 heterocycles. The molecule has 0 saturated carbocycles. The van der Waals surface area contributed by atoms with Gasteiger partial charge >= 0.3 is 0 Å². The third-order valence-electron chi connectivity index (χ3n) is 2.35. The van der Waals surface area contributed by atoms with Crippen LogP contribution in [0.25, 0.3) is 0 Å². The van der Waals surface area contributed by atoms with Crippen molar-refractivity contribution < 1.29 is 9.84 Å². The SMILES string of the molecule is Cc1ccc(C2=NC(C)(C)CO2)c(O)c1. The molecule has 0 fully saturated rings. The molecule has 1 aromatic rings. The quantitative estimate of drug-likeness (QED) is 0.764. The van der Waals surface area contributed by atoms with Crippen molar-refractivity contribution in [1.82, 2.24) is 0 Å². The molecule has 1 aromatic carbocycles. The summed E-state index contributed by atoms with van der Waals surface area (Å²) in [4.78, 5) is 4.42. The maximum atomic E-state index is 9.76. The monoisotopic (exact) mass is 205 g/mol. The zero-order valence-electron chi connectivity index (χ0n) is 9.24. The van der Waals surface area contributed by atoms with Gasteiger partial charge in [-0.2, -0.15) is 0 Å². The molecule has 0 aliphatic carbocycles. The van der Waals surface area contributed by atoms with Gasteiger partial charge in [-0.15, -0.1) is 0 Å². The normalized spacial score (nSPS) is 18.5. The molecule has 0 saturated heterocycles. The summed E-state index contributed by atoms with van der Waals surface area (Å²) < 4.78 is 5.46. The van der Waals surface area contributed by atoms with Gasteiger partial charge in [-0.1, -0.05) is 6.07 Å². The first-order valence-corrected chi connectivity index (χ1v) is 5.01. The highest BCUT2D eigenvalue weighted by molar-refractivity contribution is 5.98. The van der Waals surface area contributed by atoms with Gasteiger partial charge in [0.05, 0.1) is 11.1 Å². The zero-order chi connectivity index (χ0) is 11.1. The van der Waals surface area contributed by atoms with Gasteiger partial charge in [0.15, 0.2) is 0 Å². The fourth-order valence-electron chi connectivity index (χ4n) is 1.54. The van der Waals surface area contributed by atoms with Gasteiger partial charge in [-0.3, -0.25) is 0 Å². The molecule has 0 amide bonds. The Balaban J connectivity index is 2.39. The average Bonchev–Trinajstić information content (AvgIpc) is 2.46. The Hall–Kier alpha value is -1.51. The summed E-state index contributed by atoms with van der Waals surface area (Å²) >= 11 is 0. The van der Waals surface area contributed by atoms with Crippen LogP contribution in [0.2, 0.25) is 0 Å². The molecular weight excluding hydrogens is 190 g/mol. The number of hydrogen-bond donors (Lipinski definition) is 1. The van der Waals surface area contributed by atoms with E-state index in [0.29, 0.717) is 18.1 Å². The lowest BCUT2D eigenvalue weighted by Crippen LogP contribution is -2.17. The molecule has 3 heteroatoms. The molecule has 0 aromatic heterocycles. The molecule has 0 bridgehead atoms. The largest absolute Gasteiger partial charge is 0.507 e. The highest BCUT2D eigenvalue weighted by atomic mass is 16.5. The molecule has 0 unspecified atom stereocenters. The molecule has 1 N–H and O–H groups in total. The van der Waals surface area contributed by atoms with Crippen LogP contribution in [-0.4, -0.2) is 23.2 Å². The summed E-state index contributed by atoms with van der Waals surface area (Å²) in [6.45, 7) is 6.51. The van der Waals surface area contributed by atoms with E-state index in [1.54, 1.807) is 6.07 Å². The van der Waals surface area contributed by atoms with Crippen LogP contribution in [0.3, 0.4) is 0 Å². The van der Waals surface area contributed by atoms with E-state index >= 15 is 0 Å². The summed E-state index contributed by atoms with van der Waals surface area (Å²) in [6.07, 6.45) is 0. The molecule has 15 heavy (non-hydrogen) atoms. The van der Waals surface area contributed by atoms with Gasteiger partial charge in [0.1, 0.15) is 12.4 Å². The molecule has 0 atom stereocenters. The first-order valence-electron chi connectivity index (χ1n) is 5.01. The number of phenols is 1. The number of nitrogens with zero attached hydrogens (tertiary/aromatic N) is 1. The van der Waals surface area contributed by atoms with Crippen molar-refractivity contribution in [3.63, 3.8) is 0 Å². The van der Waals surface area contributed by atoms with Crippen LogP contribution in [-0.2, 0) is 4.74 Å². The van der Waals surface area contributed by atoms with Crippen LogP contribution >= 0.6 is 0 Å². The summed E-state index contributed by atoms with van der Waals surface area (Å²) in [5.41, 5.74) is 1.51. The fourth-order valence-corrected chi connectivity index (χ4v) is 1.54. The van der Waals surface area contributed by atoms with E-state index in [-0.39, 0.29) is 11.3 Å². The number of aryl methyl sites for hydroxylation is 1. The highest BCUT2D eigenvalue weighted by Crippen LogP contribution is 2.26. The first kappa shape index (κ1) is 10.0. The Kier molecular flexibility index (Phi) is 2.18. The lowest BCUT2D eigenvalue weighted by Gasteiger charge is -2.07. The minimum absolute atomic E-state index is 0.188. The van der Waals surface area contributed by atoms with Crippen LogP contribution in [0.4, 0.5) is 0 Å². The van der Waals surface area contributed by atoms with E-state index in [9.17, 15) is 5.11 Å². The van der Waals surface area contributed by atoms with Crippen LogP contribution in [0.1, 0.15) is 25.0 Å². The number of phenolic OH excluding ortho intramolecular Hbond substituents is 1. The number of benzene rings is 1. The van der Waals surface area contributed by atoms with E-state index < -0.39 is 0 Å². The number of ether oxygens (including phenoxy) is 1. The second kappa shape index (κ2) is 3.26. The molecule has 1 aliphatic rings. The second-order valence-electron chi connectivity index (χ2n) is 4.54. The molecule has 0 spiro atoms. The lowest BCUT2D eigenvalue weighted by molar-refractivity contribution is 0.279. The van der Waals surface area contributed by atoms with Crippen LogP contribution in [0.15, 0.2) is 23.2 Å². The van der Waals surface area contributed by atoms with Crippen molar-refractivity contribution >= 4 is 5.90 Å². The number of hydrogen-bond acceptors (Lipinski definition) is 3. The summed E-state index contributed by atoms with van der Waals surface area (Å²) in [5, 5.41) is 9.76. The summed E-state index contributed by atoms with van der Waals surface area (Å²) in [6, 6.07) is 5.49. The van der Waals surface area contributed by atoms with Crippen molar-refractivity contribution in [3.8, 4) is 5.75 Å². The van der Waals surface area contributed by atoms with E-state index in [0.717, 1.165) is 5.56 Å². The van der Waals surface area contributed by atoms with Crippen LogP contribution in [0.5, 0.6) is 5.75 Å². The Labute approximate surface area is 89.4 Å². The van der Waals surface area contributed by atoms with Crippen molar-refractivity contribution in [2.45, 2.75) is 26.3 Å². The van der Waals surface area contributed by atoms with Crippen molar-refractivity contribution in [2.75, 3.05) is 6.61 Å². The Morgan fingerprint density at radius 1 is 1.40 bits per heavy atom. The Morgan fingerprint density at radius 3 is 2.67 bits per heavy atom. The standard InChI is InChI=1S/C12H15NO2/c1-8-4-5-9(10(14)6-8)11-13-12(2,3)7-15-11/h4-6,14H,7H2,1-3H3. The molecule has 2 rings (SSSR count).